The minimum Gasteiger partial charge on any atom is -0.405 e. The molecule has 0 aliphatic carbocycles. The molecular weight excluding hydrogens is 195 g/mol. The Morgan fingerprint density at radius 1 is 1.36 bits per heavy atom. The van der Waals surface area contributed by atoms with Crippen molar-refractivity contribution in [3.05, 3.63) is 23.8 Å². The van der Waals surface area contributed by atoms with E-state index in [1.165, 1.54) is 12.1 Å². The number of halogens is 3. The summed E-state index contributed by atoms with van der Waals surface area (Å²) >= 11 is 0. The first-order valence-electron chi connectivity index (χ1n) is 4.06. The van der Waals surface area contributed by atoms with Crippen molar-refractivity contribution >= 4 is 5.69 Å². The SMILES string of the molecule is CCc1ccc(N)cc1OC(F)(F)F. The van der Waals surface area contributed by atoms with Gasteiger partial charge in [0.1, 0.15) is 5.75 Å². The molecule has 2 N–H and O–H groups in total. The number of nitrogen functional groups attached to an aromatic ring is 1. The Balaban J connectivity index is 2.99. The van der Waals surface area contributed by atoms with Gasteiger partial charge in [-0.15, -0.1) is 13.2 Å². The second kappa shape index (κ2) is 3.77. The first-order valence-corrected chi connectivity index (χ1v) is 4.06. The van der Waals surface area contributed by atoms with Gasteiger partial charge in [-0.05, 0) is 18.1 Å². The third-order valence-corrected chi connectivity index (χ3v) is 1.70. The molecule has 0 radical (unpaired) electrons. The third kappa shape index (κ3) is 2.83. The average Bonchev–Trinajstić information content (AvgIpc) is 2.01. The van der Waals surface area contributed by atoms with Gasteiger partial charge in [-0.1, -0.05) is 13.0 Å². The molecule has 0 aromatic heterocycles. The van der Waals surface area contributed by atoms with Gasteiger partial charge in [0, 0.05) is 11.8 Å². The van der Waals surface area contributed by atoms with E-state index in [2.05, 4.69) is 4.74 Å². The monoisotopic (exact) mass is 205 g/mol. The van der Waals surface area contributed by atoms with Crippen LogP contribution in [0.5, 0.6) is 5.75 Å². The van der Waals surface area contributed by atoms with Gasteiger partial charge >= 0.3 is 6.36 Å². The van der Waals surface area contributed by atoms with Crippen LogP contribution < -0.4 is 10.5 Å². The Bertz CT molecular complexity index is 322. The van der Waals surface area contributed by atoms with Crippen molar-refractivity contribution in [3.8, 4) is 5.75 Å². The molecule has 1 aromatic carbocycles. The van der Waals surface area contributed by atoms with E-state index in [-0.39, 0.29) is 11.4 Å². The van der Waals surface area contributed by atoms with Crippen molar-refractivity contribution in [1.82, 2.24) is 0 Å². The molecule has 0 amide bonds. The smallest absolute Gasteiger partial charge is 0.405 e. The van der Waals surface area contributed by atoms with E-state index in [9.17, 15) is 13.2 Å². The molecule has 0 bridgehead atoms. The fourth-order valence-electron chi connectivity index (χ4n) is 1.08. The molecule has 0 spiro atoms. The van der Waals surface area contributed by atoms with E-state index >= 15 is 0 Å². The lowest BCUT2D eigenvalue weighted by Gasteiger charge is -2.12. The Labute approximate surface area is 79.5 Å². The van der Waals surface area contributed by atoms with Crippen molar-refractivity contribution < 1.29 is 17.9 Å². The van der Waals surface area contributed by atoms with Gasteiger partial charge in [-0.2, -0.15) is 0 Å². The van der Waals surface area contributed by atoms with Gasteiger partial charge in [-0.3, -0.25) is 0 Å². The van der Waals surface area contributed by atoms with E-state index < -0.39 is 6.36 Å². The number of ether oxygens (including phenoxy) is 1. The average molecular weight is 205 g/mol. The number of anilines is 1. The highest BCUT2D eigenvalue weighted by atomic mass is 19.4. The number of hydrogen-bond donors (Lipinski definition) is 1. The van der Waals surface area contributed by atoms with Crippen molar-refractivity contribution in [3.63, 3.8) is 0 Å². The van der Waals surface area contributed by atoms with Crippen LogP contribution in [0.4, 0.5) is 18.9 Å². The molecule has 0 fully saturated rings. The number of benzene rings is 1. The zero-order valence-electron chi connectivity index (χ0n) is 7.56. The molecular formula is C9H10F3NO. The molecule has 0 saturated carbocycles. The summed E-state index contributed by atoms with van der Waals surface area (Å²) in [5, 5.41) is 0. The topological polar surface area (TPSA) is 35.2 Å². The molecule has 1 rings (SSSR count). The first kappa shape index (κ1) is 10.7. The van der Waals surface area contributed by atoms with Crippen LogP contribution in [0, 0.1) is 0 Å². The summed E-state index contributed by atoms with van der Waals surface area (Å²) in [6.45, 7) is 1.74. The van der Waals surface area contributed by atoms with Crippen molar-refractivity contribution in [2.24, 2.45) is 0 Å². The van der Waals surface area contributed by atoms with Crippen LogP contribution >= 0.6 is 0 Å². The second-order valence-corrected chi connectivity index (χ2v) is 2.77. The van der Waals surface area contributed by atoms with E-state index in [1.54, 1.807) is 13.0 Å². The molecule has 0 heterocycles. The predicted octanol–water partition coefficient (Wildman–Crippen LogP) is 2.73. The fourth-order valence-corrected chi connectivity index (χ4v) is 1.08. The molecule has 2 nitrogen and oxygen atoms in total. The number of hydrogen-bond acceptors (Lipinski definition) is 2. The minimum absolute atomic E-state index is 0.222. The quantitative estimate of drug-likeness (QED) is 0.753. The maximum atomic E-state index is 11.9. The fraction of sp³-hybridized carbons (Fsp3) is 0.333. The Kier molecular flexibility index (Phi) is 2.88. The Hall–Kier alpha value is -1.39. The van der Waals surface area contributed by atoms with E-state index in [0.29, 0.717) is 12.0 Å². The lowest BCUT2D eigenvalue weighted by Crippen LogP contribution is -2.18. The van der Waals surface area contributed by atoms with E-state index in [0.717, 1.165) is 0 Å². The molecule has 5 heteroatoms. The standard InChI is InChI=1S/C9H10F3NO/c1-2-6-3-4-7(13)5-8(6)14-9(10,11)12/h3-5H,2,13H2,1H3. The molecule has 0 saturated heterocycles. The van der Waals surface area contributed by atoms with Gasteiger partial charge in [0.05, 0.1) is 0 Å². The normalized spacial score (nSPS) is 11.4. The lowest BCUT2D eigenvalue weighted by molar-refractivity contribution is -0.274. The van der Waals surface area contributed by atoms with Crippen LogP contribution in [-0.4, -0.2) is 6.36 Å². The zero-order valence-corrected chi connectivity index (χ0v) is 7.56. The third-order valence-electron chi connectivity index (χ3n) is 1.70. The molecule has 0 aliphatic rings. The molecule has 78 valence electrons. The summed E-state index contributed by atoms with van der Waals surface area (Å²) in [6.07, 6.45) is -4.20. The van der Waals surface area contributed by atoms with Crippen molar-refractivity contribution in [2.45, 2.75) is 19.7 Å². The Morgan fingerprint density at radius 2 is 2.00 bits per heavy atom. The summed E-state index contributed by atoms with van der Waals surface area (Å²) < 4.78 is 39.6. The highest BCUT2D eigenvalue weighted by Gasteiger charge is 2.31. The number of rotatable bonds is 2. The highest BCUT2D eigenvalue weighted by molar-refractivity contribution is 5.48. The summed E-state index contributed by atoms with van der Waals surface area (Å²) in [5.41, 5.74) is 6.09. The van der Waals surface area contributed by atoms with Gasteiger partial charge < -0.3 is 10.5 Å². The maximum Gasteiger partial charge on any atom is 0.573 e. The second-order valence-electron chi connectivity index (χ2n) is 2.77. The van der Waals surface area contributed by atoms with Gasteiger partial charge in [-0.25, -0.2) is 0 Å². The molecule has 0 atom stereocenters. The summed E-state index contributed by atoms with van der Waals surface area (Å²) in [6, 6.07) is 4.24. The lowest BCUT2D eigenvalue weighted by atomic mass is 10.1. The van der Waals surface area contributed by atoms with Crippen LogP contribution in [-0.2, 0) is 6.42 Å². The van der Waals surface area contributed by atoms with Crippen LogP contribution in [0.3, 0.4) is 0 Å². The van der Waals surface area contributed by atoms with Gasteiger partial charge in [0.2, 0.25) is 0 Å². The summed E-state index contributed by atoms with van der Waals surface area (Å²) in [7, 11) is 0. The van der Waals surface area contributed by atoms with Gasteiger partial charge in [0.15, 0.2) is 0 Å². The number of aryl methyl sites for hydroxylation is 1. The van der Waals surface area contributed by atoms with Crippen molar-refractivity contribution in [1.29, 1.82) is 0 Å². The van der Waals surface area contributed by atoms with E-state index in [4.69, 9.17) is 5.73 Å². The highest BCUT2D eigenvalue weighted by Crippen LogP contribution is 2.28. The molecule has 0 aliphatic heterocycles. The molecule has 0 unspecified atom stereocenters. The Morgan fingerprint density at radius 3 is 2.50 bits per heavy atom. The van der Waals surface area contributed by atoms with Gasteiger partial charge in [0.25, 0.3) is 0 Å². The summed E-state index contributed by atoms with van der Waals surface area (Å²) in [4.78, 5) is 0. The minimum atomic E-state index is -4.67. The number of alkyl halides is 3. The van der Waals surface area contributed by atoms with Crippen LogP contribution in [0.25, 0.3) is 0 Å². The van der Waals surface area contributed by atoms with E-state index in [1.807, 2.05) is 0 Å². The predicted molar refractivity (Wildman–Crippen MR) is 46.9 cm³/mol. The summed E-state index contributed by atoms with van der Waals surface area (Å²) in [5.74, 6) is -0.222. The van der Waals surface area contributed by atoms with Crippen molar-refractivity contribution in [2.75, 3.05) is 5.73 Å². The van der Waals surface area contributed by atoms with Crippen LogP contribution in [0.2, 0.25) is 0 Å². The number of nitrogens with two attached hydrogens (primary N) is 1. The first-order chi connectivity index (χ1) is 6.42. The maximum absolute atomic E-state index is 11.9. The zero-order chi connectivity index (χ0) is 10.8. The molecule has 14 heavy (non-hydrogen) atoms. The van der Waals surface area contributed by atoms with Crippen LogP contribution in [0.15, 0.2) is 18.2 Å². The van der Waals surface area contributed by atoms with Crippen LogP contribution in [0.1, 0.15) is 12.5 Å². The largest absolute Gasteiger partial charge is 0.573 e. The molecule has 1 aromatic rings.